The summed E-state index contributed by atoms with van der Waals surface area (Å²) < 4.78 is 0. The molecule has 0 bridgehead atoms. The van der Waals surface area contributed by atoms with Gasteiger partial charge in [-0.25, -0.2) is 0 Å². The topological polar surface area (TPSA) is 0 Å². The lowest BCUT2D eigenvalue weighted by Crippen LogP contribution is -1.67. The maximum absolute atomic E-state index is 2.12. The minimum absolute atomic E-state index is 0. The fourth-order valence-corrected chi connectivity index (χ4v) is 4.47. The van der Waals surface area contributed by atoms with Gasteiger partial charge in [-0.05, 0) is 46.2 Å². The van der Waals surface area contributed by atoms with Gasteiger partial charge in [-0.15, -0.1) is 0 Å². The molecule has 0 heteroatoms. The van der Waals surface area contributed by atoms with Crippen LogP contribution in [0.1, 0.15) is 157 Å². The first-order valence-electron chi connectivity index (χ1n) is 25.0. The molecule has 0 saturated heterocycles. The second-order valence-electron chi connectivity index (χ2n) is 10.4. The molecule has 0 radical (unpaired) electrons. The predicted molar refractivity (Wildman–Crippen MR) is 314 cm³/mol. The summed E-state index contributed by atoms with van der Waals surface area (Å²) in [7, 11) is 0. The zero-order valence-electron chi connectivity index (χ0n) is 45.6. The number of benzene rings is 8. The highest BCUT2D eigenvalue weighted by atomic mass is 13.9. The van der Waals surface area contributed by atoms with Crippen molar-refractivity contribution >= 4 is 32.3 Å². The molecular formula is C65H104. The molecule has 0 aliphatic carbocycles. The van der Waals surface area contributed by atoms with E-state index in [1.54, 1.807) is 0 Å². The molecule has 65 heavy (non-hydrogen) atoms. The molecule has 0 unspecified atom stereocenters. The van der Waals surface area contributed by atoms with Crippen LogP contribution >= 0.6 is 0 Å². The summed E-state index contributed by atoms with van der Waals surface area (Å²) in [6, 6.07) is 70.7. The third-order valence-corrected chi connectivity index (χ3v) is 6.86. The maximum atomic E-state index is 2.12. The van der Waals surface area contributed by atoms with Gasteiger partial charge in [0.25, 0.3) is 0 Å². The van der Waals surface area contributed by atoms with E-state index in [1.165, 1.54) is 43.4 Å². The highest BCUT2D eigenvalue weighted by molar-refractivity contribution is 5.83. The fraction of sp³-hybridized carbons (Fsp3) is 0.354. The molecule has 0 aromatic heterocycles. The summed E-state index contributed by atoms with van der Waals surface area (Å²) in [5.74, 6) is 0. The van der Waals surface area contributed by atoms with Gasteiger partial charge in [-0.1, -0.05) is 363 Å². The summed E-state index contributed by atoms with van der Waals surface area (Å²) >= 11 is 0. The highest BCUT2D eigenvalue weighted by Gasteiger charge is 1.87. The van der Waals surface area contributed by atoms with Crippen molar-refractivity contribution in [2.75, 3.05) is 0 Å². The van der Waals surface area contributed by atoms with Crippen molar-refractivity contribution in [3.63, 3.8) is 0 Å². The van der Waals surface area contributed by atoms with Crippen molar-refractivity contribution in [3.8, 4) is 0 Å². The number of hydrogen-bond donors (Lipinski definition) is 0. The van der Waals surface area contributed by atoms with E-state index in [9.17, 15) is 0 Å². The van der Waals surface area contributed by atoms with Crippen LogP contribution in [0.25, 0.3) is 32.3 Å². The second kappa shape index (κ2) is 70.2. The smallest absolute Gasteiger partial charge is 0.0184 e. The third kappa shape index (κ3) is 44.9. The van der Waals surface area contributed by atoms with Gasteiger partial charge in [-0.2, -0.15) is 0 Å². The zero-order valence-corrected chi connectivity index (χ0v) is 45.6. The summed E-state index contributed by atoms with van der Waals surface area (Å²) in [5.41, 5.74) is 2.64. The molecule has 0 aliphatic rings. The van der Waals surface area contributed by atoms with Gasteiger partial charge in [0.2, 0.25) is 0 Å². The largest absolute Gasteiger partial charge is 0.0776 e. The third-order valence-electron chi connectivity index (χ3n) is 6.86. The maximum Gasteiger partial charge on any atom is -0.0184 e. The van der Waals surface area contributed by atoms with E-state index in [0.717, 1.165) is 0 Å². The number of aryl methyl sites for hydroxylation is 2. The van der Waals surface area contributed by atoms with E-state index in [-0.39, 0.29) is 7.43 Å². The summed E-state index contributed by atoms with van der Waals surface area (Å²) in [6.07, 6.45) is 0. The molecule has 0 saturated carbocycles. The number of fused-ring (bicyclic) bond motifs is 3. The van der Waals surface area contributed by atoms with Crippen LogP contribution in [0.5, 0.6) is 0 Å². The fourth-order valence-electron chi connectivity index (χ4n) is 4.47. The Morgan fingerprint density at radius 1 is 0.154 bits per heavy atom. The predicted octanol–water partition coefficient (Wildman–Crippen LogP) is 23.4. The summed E-state index contributed by atoms with van der Waals surface area (Å²) in [6.45, 7) is 44.2. The van der Waals surface area contributed by atoms with Crippen LogP contribution in [0.4, 0.5) is 0 Å². The molecule has 8 aromatic rings. The van der Waals surface area contributed by atoms with Gasteiger partial charge < -0.3 is 0 Å². The normalized spacial score (nSPS) is 7.42. The molecule has 0 atom stereocenters. The lowest BCUT2D eigenvalue weighted by Gasteiger charge is -1.92. The van der Waals surface area contributed by atoms with E-state index in [1.807, 2.05) is 175 Å². The Bertz CT molecular complexity index is 1520. The molecule has 364 valence electrons. The van der Waals surface area contributed by atoms with Crippen molar-refractivity contribution in [3.05, 3.63) is 217 Å². The average Bonchev–Trinajstić information content (AvgIpc) is 3.43. The van der Waals surface area contributed by atoms with Gasteiger partial charge in [0.15, 0.2) is 0 Å². The van der Waals surface area contributed by atoms with Gasteiger partial charge in [0.1, 0.15) is 0 Å². The molecule has 0 amide bonds. The van der Waals surface area contributed by atoms with Gasteiger partial charge in [-0.3, -0.25) is 0 Å². The Morgan fingerprint density at radius 2 is 0.246 bits per heavy atom. The Hall–Kier alpha value is -5.46. The van der Waals surface area contributed by atoms with E-state index in [0.29, 0.717) is 0 Å². The summed E-state index contributed by atoms with van der Waals surface area (Å²) in [5, 5.41) is 7.86. The van der Waals surface area contributed by atoms with E-state index in [4.69, 9.17) is 0 Å². The Morgan fingerprint density at radius 3 is 0.323 bits per heavy atom. The molecule has 0 heterocycles. The second-order valence-corrected chi connectivity index (χ2v) is 10.4. The average molecular weight is 886 g/mol. The molecular weight excluding hydrogens is 781 g/mol. The molecule has 8 aromatic carbocycles. The Kier molecular flexibility index (Phi) is 83.0. The Labute approximate surface area is 407 Å². The molecule has 0 N–H and O–H groups in total. The molecule has 0 fully saturated rings. The Balaban J connectivity index is -0.0000000950. The lowest BCUT2D eigenvalue weighted by molar-refractivity contribution is 1.48. The van der Waals surface area contributed by atoms with E-state index < -0.39 is 0 Å². The van der Waals surface area contributed by atoms with Crippen LogP contribution in [0.3, 0.4) is 0 Å². The first kappa shape index (κ1) is 76.8. The number of rotatable bonds is 0. The van der Waals surface area contributed by atoms with E-state index >= 15 is 0 Å². The zero-order chi connectivity index (χ0) is 50.7. The minimum Gasteiger partial charge on any atom is -0.0776 e. The standard InChI is InChI=1S/3C10H8.2C7H8.10C2H6.CH4/c3*1-2-6-10-8-4-3-7-9(10)5-1;2*1-7-5-3-2-4-6-7;10*1-2;/h3*1-8H;2*2-6H,1H3;10*1-2H3;1H4. The van der Waals surface area contributed by atoms with Crippen LogP contribution < -0.4 is 0 Å². The van der Waals surface area contributed by atoms with Crippen LogP contribution in [0.15, 0.2) is 206 Å². The van der Waals surface area contributed by atoms with Crippen LogP contribution in [-0.4, -0.2) is 0 Å². The van der Waals surface area contributed by atoms with Crippen molar-refractivity contribution < 1.29 is 0 Å². The van der Waals surface area contributed by atoms with E-state index in [2.05, 4.69) is 184 Å². The van der Waals surface area contributed by atoms with Gasteiger partial charge in [0, 0.05) is 0 Å². The SMILES string of the molecule is C.CC.CC.CC.CC.CC.CC.CC.CC.CC.CC.Cc1ccccc1.Cc1ccccc1.c1ccc2ccccc2c1.c1ccc2ccccc2c1.c1ccc2ccccc2c1. The first-order chi connectivity index (χ1) is 31.7. The van der Waals surface area contributed by atoms with Crippen molar-refractivity contribution in [2.24, 2.45) is 0 Å². The monoisotopic (exact) mass is 885 g/mol. The lowest BCUT2D eigenvalue weighted by atomic mass is 10.1. The summed E-state index contributed by atoms with van der Waals surface area (Å²) in [4.78, 5) is 0. The van der Waals surface area contributed by atoms with Crippen LogP contribution in [-0.2, 0) is 0 Å². The molecule has 0 spiro atoms. The molecule has 8 rings (SSSR count). The molecule has 0 nitrogen and oxygen atoms in total. The van der Waals surface area contributed by atoms with Crippen LogP contribution in [0, 0.1) is 13.8 Å². The van der Waals surface area contributed by atoms with Crippen LogP contribution in [0.2, 0.25) is 0 Å². The quantitative estimate of drug-likeness (QED) is 0.142. The number of hydrogen-bond acceptors (Lipinski definition) is 0. The minimum atomic E-state index is 0. The van der Waals surface area contributed by atoms with Crippen molar-refractivity contribution in [1.82, 2.24) is 0 Å². The van der Waals surface area contributed by atoms with Crippen molar-refractivity contribution in [2.45, 2.75) is 160 Å². The van der Waals surface area contributed by atoms with Gasteiger partial charge in [0.05, 0.1) is 0 Å². The highest BCUT2D eigenvalue weighted by Crippen LogP contribution is 2.13. The van der Waals surface area contributed by atoms with Crippen molar-refractivity contribution in [1.29, 1.82) is 0 Å². The molecule has 0 aliphatic heterocycles. The van der Waals surface area contributed by atoms with Gasteiger partial charge >= 0.3 is 0 Å². The first-order valence-corrected chi connectivity index (χ1v) is 25.0.